The highest BCUT2D eigenvalue weighted by atomic mass is 16.5. The van der Waals surface area contributed by atoms with Crippen LogP contribution in [0.3, 0.4) is 0 Å². The van der Waals surface area contributed by atoms with Crippen molar-refractivity contribution in [2.75, 3.05) is 7.11 Å². The van der Waals surface area contributed by atoms with E-state index in [2.05, 4.69) is 25.7 Å². The average Bonchev–Trinajstić information content (AvgIpc) is 2.25. The highest BCUT2D eigenvalue weighted by Gasteiger charge is 2.61. The van der Waals surface area contributed by atoms with Gasteiger partial charge >= 0.3 is 0 Å². The van der Waals surface area contributed by atoms with Gasteiger partial charge in [0.25, 0.3) is 0 Å². The molecule has 0 amide bonds. The molecule has 0 heterocycles. The highest BCUT2D eigenvalue weighted by molar-refractivity contribution is 5.29. The predicted molar refractivity (Wildman–Crippen MR) is 65.1 cm³/mol. The molecule has 4 unspecified atom stereocenters. The first-order chi connectivity index (χ1) is 7.42. The molecule has 0 radical (unpaired) electrons. The first-order valence-corrected chi connectivity index (χ1v) is 6.01. The van der Waals surface area contributed by atoms with E-state index in [1.807, 2.05) is 13.0 Å². The summed E-state index contributed by atoms with van der Waals surface area (Å²) in [5.74, 6) is 0.191. The van der Waals surface area contributed by atoms with Crippen LogP contribution in [0.4, 0.5) is 0 Å². The lowest BCUT2D eigenvalue weighted by molar-refractivity contribution is -0.216. The van der Waals surface area contributed by atoms with E-state index in [9.17, 15) is 5.11 Å². The van der Waals surface area contributed by atoms with Gasteiger partial charge in [0, 0.05) is 13.0 Å². The summed E-state index contributed by atoms with van der Waals surface area (Å²) in [7, 11) is 1.69. The van der Waals surface area contributed by atoms with E-state index < -0.39 is 11.2 Å². The van der Waals surface area contributed by atoms with E-state index in [1.165, 1.54) is 0 Å². The molecule has 0 aromatic rings. The van der Waals surface area contributed by atoms with E-state index in [0.717, 1.165) is 19.3 Å². The fourth-order valence-corrected chi connectivity index (χ4v) is 3.64. The normalized spacial score (nSPS) is 50.6. The molecule has 3 aliphatic rings. The van der Waals surface area contributed by atoms with Gasteiger partial charge in [-0.05, 0) is 31.6 Å². The molecule has 0 aromatic carbocycles. The molecule has 4 atom stereocenters. The summed E-state index contributed by atoms with van der Waals surface area (Å²) < 4.78 is 5.63. The van der Waals surface area contributed by atoms with Crippen LogP contribution in [0.25, 0.3) is 0 Å². The van der Waals surface area contributed by atoms with Crippen LogP contribution in [0, 0.1) is 11.3 Å². The van der Waals surface area contributed by atoms with E-state index in [1.54, 1.807) is 7.11 Å². The SMILES string of the molecule is C=CCC1C2(C)C=CC(OC)(CC2)C1(C)O. The van der Waals surface area contributed by atoms with Crippen molar-refractivity contribution in [2.24, 2.45) is 11.3 Å². The molecule has 0 spiro atoms. The van der Waals surface area contributed by atoms with Crippen molar-refractivity contribution in [3.05, 3.63) is 24.8 Å². The van der Waals surface area contributed by atoms with Gasteiger partial charge in [0.05, 0.1) is 5.60 Å². The van der Waals surface area contributed by atoms with Crippen LogP contribution in [0.15, 0.2) is 24.8 Å². The maximum Gasteiger partial charge on any atom is 0.114 e. The van der Waals surface area contributed by atoms with Crippen molar-refractivity contribution in [1.29, 1.82) is 0 Å². The first kappa shape index (κ1) is 11.9. The Labute approximate surface area is 98.0 Å². The minimum atomic E-state index is -0.808. The molecule has 1 saturated carbocycles. The number of ether oxygens (including phenoxy) is 1. The zero-order valence-corrected chi connectivity index (χ0v) is 10.5. The van der Waals surface area contributed by atoms with Gasteiger partial charge in [0.15, 0.2) is 0 Å². The monoisotopic (exact) mass is 222 g/mol. The second-order valence-corrected chi connectivity index (χ2v) is 5.66. The standard InChI is InChI=1S/C14H22O2/c1-5-6-11-12(2)7-9-14(16-4,10-8-12)13(11,3)15/h5,7,9,11,15H,1,6,8,10H2,2-4H3. The third-order valence-electron chi connectivity index (χ3n) is 4.87. The lowest BCUT2D eigenvalue weighted by Crippen LogP contribution is -2.66. The van der Waals surface area contributed by atoms with Crippen molar-refractivity contribution in [1.82, 2.24) is 0 Å². The number of aliphatic hydroxyl groups is 1. The number of hydrogen-bond acceptors (Lipinski definition) is 2. The van der Waals surface area contributed by atoms with Crippen LogP contribution < -0.4 is 0 Å². The van der Waals surface area contributed by atoms with Gasteiger partial charge in [0.1, 0.15) is 5.60 Å². The van der Waals surface area contributed by atoms with Crippen molar-refractivity contribution < 1.29 is 9.84 Å². The van der Waals surface area contributed by atoms with Gasteiger partial charge < -0.3 is 9.84 Å². The molecule has 2 bridgehead atoms. The van der Waals surface area contributed by atoms with E-state index in [0.29, 0.717) is 0 Å². The molecule has 1 fully saturated rings. The zero-order valence-electron chi connectivity index (χ0n) is 10.5. The smallest absolute Gasteiger partial charge is 0.114 e. The van der Waals surface area contributed by atoms with E-state index in [-0.39, 0.29) is 11.3 Å². The molecular weight excluding hydrogens is 200 g/mol. The molecule has 90 valence electrons. The summed E-state index contributed by atoms with van der Waals surface area (Å²) in [5, 5.41) is 10.8. The second kappa shape index (κ2) is 3.44. The van der Waals surface area contributed by atoms with E-state index in [4.69, 9.17) is 4.74 Å². The van der Waals surface area contributed by atoms with Gasteiger partial charge in [-0.25, -0.2) is 0 Å². The van der Waals surface area contributed by atoms with Gasteiger partial charge in [-0.3, -0.25) is 0 Å². The summed E-state index contributed by atoms with van der Waals surface area (Å²) in [6.45, 7) is 7.94. The summed E-state index contributed by atoms with van der Waals surface area (Å²) in [6, 6.07) is 0. The van der Waals surface area contributed by atoms with Crippen LogP contribution in [0.5, 0.6) is 0 Å². The van der Waals surface area contributed by atoms with Crippen LogP contribution in [0.1, 0.15) is 33.1 Å². The molecule has 16 heavy (non-hydrogen) atoms. The molecule has 0 aromatic heterocycles. The number of rotatable bonds is 3. The number of fused-ring (bicyclic) bond motifs is 2. The fourth-order valence-electron chi connectivity index (χ4n) is 3.64. The number of allylic oxidation sites excluding steroid dienone is 2. The number of methoxy groups -OCH3 is 1. The molecule has 1 N–H and O–H groups in total. The summed E-state index contributed by atoms with van der Waals surface area (Å²) in [5.41, 5.74) is -1.23. The fraction of sp³-hybridized carbons (Fsp3) is 0.714. The molecule has 2 nitrogen and oxygen atoms in total. The Bertz CT molecular complexity index is 332. The Morgan fingerprint density at radius 3 is 2.56 bits per heavy atom. The maximum absolute atomic E-state index is 10.8. The molecule has 3 aliphatic carbocycles. The van der Waals surface area contributed by atoms with Crippen LogP contribution in [-0.4, -0.2) is 23.4 Å². The molecular formula is C14H22O2. The number of hydrogen-bond donors (Lipinski definition) is 1. The third kappa shape index (κ3) is 1.26. The average molecular weight is 222 g/mol. The van der Waals surface area contributed by atoms with Gasteiger partial charge in [-0.1, -0.05) is 25.2 Å². The van der Waals surface area contributed by atoms with Crippen molar-refractivity contribution in [2.45, 2.75) is 44.3 Å². The Hall–Kier alpha value is -0.600. The minimum absolute atomic E-state index is 0.0813. The van der Waals surface area contributed by atoms with E-state index >= 15 is 0 Å². The minimum Gasteiger partial charge on any atom is -0.386 e. The van der Waals surface area contributed by atoms with Gasteiger partial charge in [0.2, 0.25) is 0 Å². The van der Waals surface area contributed by atoms with Crippen LogP contribution in [-0.2, 0) is 4.74 Å². The van der Waals surface area contributed by atoms with Crippen LogP contribution >= 0.6 is 0 Å². The second-order valence-electron chi connectivity index (χ2n) is 5.66. The maximum atomic E-state index is 10.8. The Balaban J connectivity index is 2.48. The summed E-state index contributed by atoms with van der Waals surface area (Å²) >= 11 is 0. The topological polar surface area (TPSA) is 29.5 Å². The summed E-state index contributed by atoms with van der Waals surface area (Å²) in [4.78, 5) is 0. The van der Waals surface area contributed by atoms with Crippen LogP contribution in [0.2, 0.25) is 0 Å². The Morgan fingerprint density at radius 2 is 2.12 bits per heavy atom. The first-order valence-electron chi connectivity index (χ1n) is 6.01. The molecule has 3 rings (SSSR count). The molecule has 0 saturated heterocycles. The molecule has 2 heteroatoms. The highest BCUT2D eigenvalue weighted by Crippen LogP contribution is 2.58. The Morgan fingerprint density at radius 1 is 1.44 bits per heavy atom. The van der Waals surface area contributed by atoms with Gasteiger partial charge in [-0.2, -0.15) is 0 Å². The largest absolute Gasteiger partial charge is 0.386 e. The van der Waals surface area contributed by atoms with Crippen molar-refractivity contribution in [3.63, 3.8) is 0 Å². The third-order valence-corrected chi connectivity index (χ3v) is 4.87. The van der Waals surface area contributed by atoms with Crippen molar-refractivity contribution in [3.8, 4) is 0 Å². The summed E-state index contributed by atoms with van der Waals surface area (Å²) in [6.07, 6.45) is 9.01. The predicted octanol–water partition coefficient (Wildman–Crippen LogP) is 2.68. The lowest BCUT2D eigenvalue weighted by Gasteiger charge is -2.60. The quantitative estimate of drug-likeness (QED) is 0.744. The molecule has 0 aliphatic heterocycles. The van der Waals surface area contributed by atoms with Gasteiger partial charge in [-0.15, -0.1) is 6.58 Å². The lowest BCUT2D eigenvalue weighted by atomic mass is 9.50. The Kier molecular flexibility index (Phi) is 2.56. The van der Waals surface area contributed by atoms with Crippen molar-refractivity contribution >= 4 is 0 Å². The zero-order chi connectivity index (χ0) is 12.0.